The molecule has 3 aromatic rings. The fourth-order valence-corrected chi connectivity index (χ4v) is 3.00. The number of fused-ring (bicyclic) bond motifs is 1. The predicted molar refractivity (Wildman–Crippen MR) is 104 cm³/mol. The van der Waals surface area contributed by atoms with Crippen molar-refractivity contribution in [1.29, 1.82) is 0 Å². The second-order valence-electron chi connectivity index (χ2n) is 6.46. The van der Waals surface area contributed by atoms with Gasteiger partial charge < -0.3 is 16.0 Å². The maximum absolute atomic E-state index is 12.4. The number of H-pyrrole nitrogens is 1. The molecule has 1 unspecified atom stereocenters. The minimum Gasteiger partial charge on any atom is -0.361 e. The number of anilines is 1. The molecule has 0 aliphatic heterocycles. The number of amides is 1. The van der Waals surface area contributed by atoms with Crippen molar-refractivity contribution in [1.82, 2.24) is 4.98 Å². The molecule has 1 heterocycles. The summed E-state index contributed by atoms with van der Waals surface area (Å²) in [6.45, 7) is 2.18. The Labute approximate surface area is 148 Å². The second-order valence-corrected chi connectivity index (χ2v) is 6.46. The van der Waals surface area contributed by atoms with Gasteiger partial charge in [0, 0.05) is 22.8 Å². The average molecular weight is 335 g/mol. The number of nitrogens with one attached hydrogen (secondary N) is 2. The zero-order valence-corrected chi connectivity index (χ0v) is 14.6. The molecule has 1 aromatic heterocycles. The van der Waals surface area contributed by atoms with E-state index in [1.165, 1.54) is 18.4 Å². The van der Waals surface area contributed by atoms with E-state index in [4.69, 9.17) is 5.73 Å². The number of hydrogen-bond acceptors (Lipinski definition) is 2. The lowest BCUT2D eigenvalue weighted by Gasteiger charge is -2.12. The highest BCUT2D eigenvalue weighted by atomic mass is 16.2. The van der Waals surface area contributed by atoms with E-state index in [0.717, 1.165) is 28.6 Å². The summed E-state index contributed by atoms with van der Waals surface area (Å²) >= 11 is 0. The lowest BCUT2D eigenvalue weighted by molar-refractivity contribution is -0.117. The van der Waals surface area contributed by atoms with Crippen LogP contribution >= 0.6 is 0 Å². The fraction of sp³-hybridized carbons (Fsp3) is 0.286. The molecule has 0 saturated carbocycles. The quantitative estimate of drug-likeness (QED) is 0.610. The predicted octanol–water partition coefficient (Wildman–Crippen LogP) is 4.02. The fourth-order valence-electron chi connectivity index (χ4n) is 3.00. The van der Waals surface area contributed by atoms with Gasteiger partial charge in [-0.1, -0.05) is 43.7 Å². The van der Waals surface area contributed by atoms with Crippen LogP contribution in [0.15, 0.2) is 54.7 Å². The molecule has 3 rings (SSSR count). The van der Waals surface area contributed by atoms with Crippen LogP contribution in [0.2, 0.25) is 0 Å². The first-order valence-corrected chi connectivity index (χ1v) is 8.87. The summed E-state index contributed by atoms with van der Waals surface area (Å²) in [4.78, 5) is 15.6. The topological polar surface area (TPSA) is 70.9 Å². The Balaban J connectivity index is 1.60. The van der Waals surface area contributed by atoms with E-state index in [1.807, 2.05) is 42.6 Å². The number of para-hydroxylation sites is 1. The molecule has 0 bridgehead atoms. The number of unbranched alkanes of at least 4 members (excludes halogenated alkanes) is 1. The van der Waals surface area contributed by atoms with Crippen molar-refractivity contribution in [3.05, 3.63) is 65.9 Å². The molecule has 130 valence electrons. The Morgan fingerprint density at radius 3 is 2.68 bits per heavy atom. The summed E-state index contributed by atoms with van der Waals surface area (Å²) in [5.41, 5.74) is 10.3. The molecule has 25 heavy (non-hydrogen) atoms. The van der Waals surface area contributed by atoms with Crippen molar-refractivity contribution in [3.8, 4) is 0 Å². The van der Waals surface area contributed by atoms with Gasteiger partial charge in [-0.05, 0) is 48.6 Å². The van der Waals surface area contributed by atoms with Gasteiger partial charge >= 0.3 is 0 Å². The van der Waals surface area contributed by atoms with Crippen molar-refractivity contribution in [3.63, 3.8) is 0 Å². The number of hydrogen-bond donors (Lipinski definition) is 3. The maximum Gasteiger partial charge on any atom is 0.241 e. The Kier molecular flexibility index (Phi) is 5.51. The van der Waals surface area contributed by atoms with Crippen molar-refractivity contribution in [2.24, 2.45) is 5.73 Å². The normalized spacial score (nSPS) is 12.2. The van der Waals surface area contributed by atoms with Gasteiger partial charge in [-0.15, -0.1) is 0 Å². The smallest absolute Gasteiger partial charge is 0.241 e. The molecular weight excluding hydrogens is 310 g/mol. The molecular formula is C21H25N3O. The summed E-state index contributed by atoms with van der Waals surface area (Å²) in [6, 6.07) is 15.5. The van der Waals surface area contributed by atoms with E-state index in [-0.39, 0.29) is 5.91 Å². The van der Waals surface area contributed by atoms with Gasteiger partial charge in [-0.3, -0.25) is 4.79 Å². The Morgan fingerprint density at radius 1 is 1.16 bits per heavy atom. The zero-order valence-electron chi connectivity index (χ0n) is 14.6. The molecule has 0 fully saturated rings. The minimum atomic E-state index is -0.584. The number of aryl methyl sites for hydroxylation is 1. The third-order valence-electron chi connectivity index (χ3n) is 4.49. The third-order valence-corrected chi connectivity index (χ3v) is 4.49. The number of nitrogens with two attached hydrogens (primary N) is 1. The third kappa shape index (κ3) is 4.28. The number of rotatable bonds is 7. The van der Waals surface area contributed by atoms with Crippen LogP contribution in [-0.4, -0.2) is 16.9 Å². The van der Waals surface area contributed by atoms with E-state index in [0.29, 0.717) is 6.42 Å². The molecule has 0 aliphatic carbocycles. The van der Waals surface area contributed by atoms with Gasteiger partial charge in [0.05, 0.1) is 6.04 Å². The highest BCUT2D eigenvalue weighted by Gasteiger charge is 2.16. The molecule has 0 saturated heterocycles. The van der Waals surface area contributed by atoms with Crippen LogP contribution in [0.3, 0.4) is 0 Å². The minimum absolute atomic E-state index is 0.161. The van der Waals surface area contributed by atoms with Crippen LogP contribution in [0.25, 0.3) is 10.9 Å². The summed E-state index contributed by atoms with van der Waals surface area (Å²) < 4.78 is 0. The van der Waals surface area contributed by atoms with Crippen LogP contribution in [0, 0.1) is 0 Å². The summed E-state index contributed by atoms with van der Waals surface area (Å²) in [5.74, 6) is -0.161. The van der Waals surface area contributed by atoms with Crippen LogP contribution in [-0.2, 0) is 17.6 Å². The van der Waals surface area contributed by atoms with Crippen molar-refractivity contribution in [2.75, 3.05) is 5.32 Å². The molecule has 4 heteroatoms. The van der Waals surface area contributed by atoms with E-state index >= 15 is 0 Å². The lowest BCUT2D eigenvalue weighted by Crippen LogP contribution is -2.37. The Hall–Kier alpha value is -2.59. The van der Waals surface area contributed by atoms with Crippen LogP contribution < -0.4 is 11.1 Å². The lowest BCUT2D eigenvalue weighted by atomic mass is 10.0. The largest absolute Gasteiger partial charge is 0.361 e. The first kappa shape index (κ1) is 17.2. The summed E-state index contributed by atoms with van der Waals surface area (Å²) in [7, 11) is 0. The van der Waals surface area contributed by atoms with Gasteiger partial charge in [0.2, 0.25) is 5.91 Å². The molecule has 1 amide bonds. The van der Waals surface area contributed by atoms with E-state index in [1.54, 1.807) is 0 Å². The number of aromatic amines is 1. The number of benzene rings is 2. The Morgan fingerprint density at radius 2 is 1.92 bits per heavy atom. The number of carbonyl (C=O) groups is 1. The second kappa shape index (κ2) is 7.99. The van der Waals surface area contributed by atoms with Gasteiger partial charge in [0.15, 0.2) is 0 Å². The first-order valence-electron chi connectivity index (χ1n) is 8.87. The highest BCUT2D eigenvalue weighted by Crippen LogP contribution is 2.19. The van der Waals surface area contributed by atoms with Gasteiger partial charge in [0.1, 0.15) is 0 Å². The van der Waals surface area contributed by atoms with Crippen molar-refractivity contribution < 1.29 is 4.79 Å². The van der Waals surface area contributed by atoms with Crippen molar-refractivity contribution >= 4 is 22.5 Å². The van der Waals surface area contributed by atoms with E-state index < -0.39 is 6.04 Å². The van der Waals surface area contributed by atoms with E-state index in [9.17, 15) is 4.79 Å². The number of carbonyl (C=O) groups excluding carboxylic acids is 1. The Bertz CT molecular complexity index is 836. The maximum atomic E-state index is 12.4. The molecule has 4 N–H and O–H groups in total. The van der Waals surface area contributed by atoms with Crippen LogP contribution in [0.5, 0.6) is 0 Å². The zero-order chi connectivity index (χ0) is 17.6. The molecule has 0 radical (unpaired) electrons. The highest BCUT2D eigenvalue weighted by molar-refractivity contribution is 5.95. The first-order chi connectivity index (χ1) is 12.2. The molecule has 4 nitrogen and oxygen atoms in total. The number of aromatic nitrogens is 1. The van der Waals surface area contributed by atoms with Gasteiger partial charge in [-0.2, -0.15) is 0 Å². The molecule has 0 aliphatic rings. The average Bonchev–Trinajstić information content (AvgIpc) is 3.04. The summed E-state index contributed by atoms with van der Waals surface area (Å²) in [6.07, 6.45) is 5.87. The molecule has 1 atom stereocenters. The van der Waals surface area contributed by atoms with Crippen molar-refractivity contribution in [2.45, 2.75) is 38.6 Å². The standard InChI is InChI=1S/C21H25N3O/c1-2-3-6-15-9-11-17(12-10-15)24-21(25)19(22)13-16-14-23-20-8-5-4-7-18(16)20/h4-5,7-12,14,19,23H,2-3,6,13,22H2,1H3,(H,24,25). The van der Waals surface area contributed by atoms with Crippen LogP contribution in [0.4, 0.5) is 5.69 Å². The molecule has 0 spiro atoms. The molecule has 2 aromatic carbocycles. The van der Waals surface area contributed by atoms with Gasteiger partial charge in [0.25, 0.3) is 0 Å². The monoisotopic (exact) mass is 335 g/mol. The van der Waals surface area contributed by atoms with Crippen LogP contribution in [0.1, 0.15) is 30.9 Å². The van der Waals surface area contributed by atoms with Gasteiger partial charge in [-0.25, -0.2) is 0 Å². The van der Waals surface area contributed by atoms with E-state index in [2.05, 4.69) is 29.4 Å². The SMILES string of the molecule is CCCCc1ccc(NC(=O)C(N)Cc2c[nH]c3ccccc23)cc1. The summed E-state index contributed by atoms with van der Waals surface area (Å²) in [5, 5.41) is 4.03.